The van der Waals surface area contributed by atoms with Crippen molar-refractivity contribution in [3.63, 3.8) is 0 Å². The Bertz CT molecular complexity index is 558. The number of nitrogens with one attached hydrogen (secondary N) is 2. The van der Waals surface area contributed by atoms with Crippen molar-refractivity contribution in [2.75, 3.05) is 10.6 Å². The first kappa shape index (κ1) is 14.4. The van der Waals surface area contributed by atoms with E-state index < -0.39 is 0 Å². The van der Waals surface area contributed by atoms with E-state index in [1.807, 2.05) is 0 Å². The maximum atomic E-state index is 10.9. The lowest BCUT2D eigenvalue weighted by Crippen LogP contribution is -2.19. The molecule has 20 heavy (non-hydrogen) atoms. The van der Waals surface area contributed by atoms with Gasteiger partial charge in [-0.3, -0.25) is 10.1 Å². The summed E-state index contributed by atoms with van der Waals surface area (Å²) in [4.78, 5) is 24.4. The van der Waals surface area contributed by atoms with Crippen molar-refractivity contribution >= 4 is 29.1 Å². The minimum Gasteiger partial charge on any atom is -0.352 e. The van der Waals surface area contributed by atoms with Gasteiger partial charge in [0, 0.05) is 17.8 Å². The van der Waals surface area contributed by atoms with Crippen LogP contribution >= 0.6 is 11.3 Å². The Hall–Kier alpha value is -2.02. The smallest absolute Gasteiger partial charge is 0.234 e. The van der Waals surface area contributed by atoms with Crippen LogP contribution in [0.4, 0.5) is 11.9 Å². The molecule has 0 aromatic carbocycles. The third-order valence-corrected chi connectivity index (χ3v) is 3.58. The fourth-order valence-electron chi connectivity index (χ4n) is 1.69. The van der Waals surface area contributed by atoms with Crippen molar-refractivity contribution in [1.29, 1.82) is 0 Å². The minimum atomic E-state index is -0.201. The second-order valence-corrected chi connectivity index (χ2v) is 5.51. The van der Waals surface area contributed by atoms with Crippen LogP contribution in [0.5, 0.6) is 0 Å². The quantitative estimate of drug-likeness (QED) is 0.854. The number of hydrogen-bond donors (Lipinski definition) is 2. The number of anilines is 2. The van der Waals surface area contributed by atoms with Gasteiger partial charge in [-0.25, -0.2) is 9.97 Å². The summed E-state index contributed by atoms with van der Waals surface area (Å²) in [7, 11) is 0. The molecular formula is C13H17N5OS. The Kier molecular flexibility index (Phi) is 5.00. The van der Waals surface area contributed by atoms with Gasteiger partial charge in [0.1, 0.15) is 6.33 Å². The van der Waals surface area contributed by atoms with E-state index in [2.05, 4.69) is 50.0 Å². The number of nitrogens with zero attached hydrogens (tertiary/aromatic N) is 3. The maximum absolute atomic E-state index is 10.9. The normalized spacial score (nSPS) is 11.9. The second kappa shape index (κ2) is 6.95. The highest BCUT2D eigenvalue weighted by Gasteiger charge is 2.07. The summed E-state index contributed by atoms with van der Waals surface area (Å²) in [6, 6.07) is 4.43. The molecule has 1 atom stereocenters. The zero-order valence-corrected chi connectivity index (χ0v) is 12.3. The molecule has 0 bridgehead atoms. The van der Waals surface area contributed by atoms with E-state index in [0.29, 0.717) is 5.95 Å². The van der Waals surface area contributed by atoms with Crippen LogP contribution in [0.15, 0.2) is 23.8 Å². The first-order valence-electron chi connectivity index (χ1n) is 6.39. The van der Waals surface area contributed by atoms with Crippen molar-refractivity contribution in [1.82, 2.24) is 15.0 Å². The summed E-state index contributed by atoms with van der Waals surface area (Å²) in [6.07, 6.45) is 3.39. The van der Waals surface area contributed by atoms with E-state index >= 15 is 0 Å². The Morgan fingerprint density at radius 3 is 2.90 bits per heavy atom. The zero-order valence-electron chi connectivity index (χ0n) is 11.5. The van der Waals surface area contributed by atoms with E-state index in [4.69, 9.17) is 0 Å². The van der Waals surface area contributed by atoms with Crippen LogP contribution in [0.25, 0.3) is 0 Å². The Morgan fingerprint density at radius 1 is 1.40 bits per heavy atom. The molecule has 1 unspecified atom stereocenters. The summed E-state index contributed by atoms with van der Waals surface area (Å²) in [5, 5.41) is 7.82. The van der Waals surface area contributed by atoms with Crippen LogP contribution in [0, 0.1) is 0 Å². The SMILES string of the molecule is CC(=O)Nc1ncnc(NC(C)CCc2cccs2)n1. The van der Waals surface area contributed by atoms with Gasteiger partial charge in [-0.1, -0.05) is 6.07 Å². The molecule has 1 amide bonds. The molecule has 0 aliphatic heterocycles. The highest BCUT2D eigenvalue weighted by atomic mass is 32.1. The van der Waals surface area contributed by atoms with Gasteiger partial charge in [-0.15, -0.1) is 11.3 Å². The standard InChI is InChI=1S/C13H17N5OS/c1-9(5-6-11-4-3-7-20-11)16-12-14-8-15-13(18-12)17-10(2)19/h3-4,7-9H,5-6H2,1-2H3,(H2,14,15,16,17,18,19). The van der Waals surface area contributed by atoms with Gasteiger partial charge in [0.05, 0.1) is 0 Å². The van der Waals surface area contributed by atoms with Gasteiger partial charge < -0.3 is 5.32 Å². The summed E-state index contributed by atoms with van der Waals surface area (Å²) in [6.45, 7) is 3.50. The molecule has 0 aliphatic rings. The minimum absolute atomic E-state index is 0.201. The average molecular weight is 291 g/mol. The topological polar surface area (TPSA) is 79.8 Å². The number of carbonyl (C=O) groups is 1. The molecule has 0 saturated heterocycles. The molecule has 7 heteroatoms. The average Bonchev–Trinajstić information content (AvgIpc) is 2.89. The fraction of sp³-hybridized carbons (Fsp3) is 0.385. The molecule has 0 radical (unpaired) electrons. The molecule has 0 saturated carbocycles. The Labute approximate surface area is 121 Å². The lowest BCUT2D eigenvalue weighted by atomic mass is 10.1. The molecule has 2 aromatic rings. The van der Waals surface area contributed by atoms with Gasteiger partial charge in [-0.05, 0) is 31.2 Å². The van der Waals surface area contributed by atoms with E-state index in [1.165, 1.54) is 18.1 Å². The van der Waals surface area contributed by atoms with Crippen LogP contribution < -0.4 is 10.6 Å². The highest BCUT2D eigenvalue weighted by molar-refractivity contribution is 7.09. The van der Waals surface area contributed by atoms with Crippen LogP contribution in [0.2, 0.25) is 0 Å². The van der Waals surface area contributed by atoms with Gasteiger partial charge in [-0.2, -0.15) is 4.98 Å². The molecule has 0 aliphatic carbocycles. The Morgan fingerprint density at radius 2 is 2.20 bits per heavy atom. The number of aryl methyl sites for hydroxylation is 1. The first-order valence-corrected chi connectivity index (χ1v) is 7.27. The van der Waals surface area contributed by atoms with Gasteiger partial charge >= 0.3 is 0 Å². The van der Waals surface area contributed by atoms with Crippen molar-refractivity contribution in [2.24, 2.45) is 0 Å². The number of carbonyl (C=O) groups excluding carboxylic acids is 1. The van der Waals surface area contributed by atoms with E-state index in [-0.39, 0.29) is 17.9 Å². The summed E-state index contributed by atoms with van der Waals surface area (Å²) < 4.78 is 0. The van der Waals surface area contributed by atoms with Gasteiger partial charge in [0.25, 0.3) is 0 Å². The van der Waals surface area contributed by atoms with Crippen LogP contribution in [0.3, 0.4) is 0 Å². The van der Waals surface area contributed by atoms with Gasteiger partial charge in [0.15, 0.2) is 0 Å². The van der Waals surface area contributed by atoms with E-state index in [1.54, 1.807) is 11.3 Å². The molecular weight excluding hydrogens is 274 g/mol. The highest BCUT2D eigenvalue weighted by Crippen LogP contribution is 2.13. The fourth-order valence-corrected chi connectivity index (χ4v) is 2.41. The van der Waals surface area contributed by atoms with Crippen LogP contribution in [-0.4, -0.2) is 26.9 Å². The molecule has 2 heterocycles. The number of hydrogen-bond acceptors (Lipinski definition) is 6. The largest absolute Gasteiger partial charge is 0.352 e. The Balaban J connectivity index is 1.87. The second-order valence-electron chi connectivity index (χ2n) is 4.48. The third-order valence-electron chi connectivity index (χ3n) is 2.64. The van der Waals surface area contributed by atoms with Gasteiger partial charge in [0.2, 0.25) is 17.8 Å². The molecule has 0 fully saturated rings. The number of aromatic nitrogens is 3. The van der Waals surface area contributed by atoms with E-state index in [0.717, 1.165) is 12.8 Å². The lowest BCUT2D eigenvalue weighted by Gasteiger charge is -2.13. The number of thiophene rings is 1. The molecule has 2 rings (SSSR count). The first-order chi connectivity index (χ1) is 9.63. The third kappa shape index (κ3) is 4.58. The van der Waals surface area contributed by atoms with E-state index in [9.17, 15) is 4.79 Å². The molecule has 0 spiro atoms. The van der Waals surface area contributed by atoms with Crippen molar-refractivity contribution < 1.29 is 4.79 Å². The monoisotopic (exact) mass is 291 g/mol. The van der Waals surface area contributed by atoms with Crippen molar-refractivity contribution in [3.8, 4) is 0 Å². The number of amides is 1. The molecule has 2 aromatic heterocycles. The summed E-state index contributed by atoms with van der Waals surface area (Å²) >= 11 is 1.76. The van der Waals surface area contributed by atoms with Crippen LogP contribution in [0.1, 0.15) is 25.1 Å². The predicted molar refractivity (Wildman–Crippen MR) is 79.9 cm³/mol. The summed E-state index contributed by atoms with van der Waals surface area (Å²) in [5.74, 6) is 0.538. The molecule has 106 valence electrons. The summed E-state index contributed by atoms with van der Waals surface area (Å²) in [5.41, 5.74) is 0. The van der Waals surface area contributed by atoms with Crippen molar-refractivity contribution in [2.45, 2.75) is 32.7 Å². The zero-order chi connectivity index (χ0) is 14.4. The number of rotatable bonds is 6. The predicted octanol–water partition coefficient (Wildman–Crippen LogP) is 2.32. The molecule has 6 nitrogen and oxygen atoms in total. The maximum Gasteiger partial charge on any atom is 0.234 e. The van der Waals surface area contributed by atoms with Crippen LogP contribution in [-0.2, 0) is 11.2 Å². The van der Waals surface area contributed by atoms with Crippen molar-refractivity contribution in [3.05, 3.63) is 28.7 Å². The molecule has 2 N–H and O–H groups in total. The lowest BCUT2D eigenvalue weighted by molar-refractivity contribution is -0.114.